The maximum absolute atomic E-state index is 11.8. The largest absolute Gasteiger partial charge is 0.344 e. The first-order valence-corrected chi connectivity index (χ1v) is 8.41. The number of rotatable bonds is 7. The van der Waals surface area contributed by atoms with Gasteiger partial charge in [-0.1, -0.05) is 18.7 Å². The van der Waals surface area contributed by atoms with Crippen molar-refractivity contribution in [1.29, 1.82) is 5.26 Å². The lowest BCUT2D eigenvalue weighted by Gasteiger charge is -2.26. The standard InChI is InChI=1S/C14H21N5OS/c1-9(7-14(2,8-15)16-10-3-4-10)21-13-18-17-12(20)19(13)11-5-6-11/h9-11,16H,3-7H2,1-2H3,(H,17,20). The molecule has 2 fully saturated rings. The lowest BCUT2D eigenvalue weighted by Crippen LogP contribution is -2.44. The van der Waals surface area contributed by atoms with E-state index in [9.17, 15) is 10.1 Å². The zero-order chi connectivity index (χ0) is 15.0. The Morgan fingerprint density at radius 1 is 1.57 bits per heavy atom. The molecule has 1 aromatic heterocycles. The summed E-state index contributed by atoms with van der Waals surface area (Å²) in [5.74, 6) is 0. The van der Waals surface area contributed by atoms with Crippen molar-refractivity contribution in [1.82, 2.24) is 20.1 Å². The van der Waals surface area contributed by atoms with E-state index in [2.05, 4.69) is 28.5 Å². The summed E-state index contributed by atoms with van der Waals surface area (Å²) in [6.45, 7) is 4.05. The van der Waals surface area contributed by atoms with Gasteiger partial charge < -0.3 is 0 Å². The van der Waals surface area contributed by atoms with Gasteiger partial charge in [-0.05, 0) is 39.0 Å². The molecule has 0 spiro atoms. The highest BCUT2D eigenvalue weighted by atomic mass is 32.2. The minimum Gasteiger partial charge on any atom is -0.297 e. The molecule has 2 atom stereocenters. The molecule has 6 nitrogen and oxygen atoms in total. The highest BCUT2D eigenvalue weighted by Gasteiger charge is 2.35. The van der Waals surface area contributed by atoms with Crippen LogP contribution < -0.4 is 11.0 Å². The summed E-state index contributed by atoms with van der Waals surface area (Å²) >= 11 is 1.58. The Kier molecular flexibility index (Phi) is 3.84. The first kappa shape index (κ1) is 14.7. The second-order valence-corrected chi connectivity index (χ2v) is 7.81. The SMILES string of the molecule is CC(CC(C)(C#N)NC1CC1)Sc1n[nH]c(=O)n1C1CC1. The molecule has 2 saturated carbocycles. The van der Waals surface area contributed by atoms with Gasteiger partial charge in [0.15, 0.2) is 5.16 Å². The molecule has 0 aromatic carbocycles. The average molecular weight is 307 g/mol. The van der Waals surface area contributed by atoms with Crippen LogP contribution in [-0.2, 0) is 0 Å². The van der Waals surface area contributed by atoms with Gasteiger partial charge in [0.05, 0.1) is 6.07 Å². The van der Waals surface area contributed by atoms with Crippen LogP contribution in [0.25, 0.3) is 0 Å². The molecule has 3 rings (SSSR count). The van der Waals surface area contributed by atoms with E-state index in [0.29, 0.717) is 12.1 Å². The molecule has 0 radical (unpaired) electrons. The molecule has 0 saturated heterocycles. The van der Waals surface area contributed by atoms with Gasteiger partial charge in [0.2, 0.25) is 0 Å². The number of nitriles is 1. The van der Waals surface area contributed by atoms with E-state index < -0.39 is 5.54 Å². The van der Waals surface area contributed by atoms with E-state index in [4.69, 9.17) is 0 Å². The van der Waals surface area contributed by atoms with E-state index >= 15 is 0 Å². The number of hydrogen-bond donors (Lipinski definition) is 2. The van der Waals surface area contributed by atoms with Crippen LogP contribution >= 0.6 is 11.8 Å². The zero-order valence-electron chi connectivity index (χ0n) is 12.4. The summed E-state index contributed by atoms with van der Waals surface area (Å²) < 4.78 is 1.76. The van der Waals surface area contributed by atoms with Crippen LogP contribution in [0.5, 0.6) is 0 Å². The normalized spacial score (nSPS) is 22.5. The smallest absolute Gasteiger partial charge is 0.297 e. The minimum absolute atomic E-state index is 0.119. The summed E-state index contributed by atoms with van der Waals surface area (Å²) in [7, 11) is 0. The molecule has 2 unspecified atom stereocenters. The Morgan fingerprint density at radius 2 is 2.29 bits per heavy atom. The molecule has 1 aromatic rings. The van der Waals surface area contributed by atoms with Crippen molar-refractivity contribution in [3.05, 3.63) is 10.5 Å². The van der Waals surface area contributed by atoms with Crippen LogP contribution in [0.3, 0.4) is 0 Å². The number of aromatic amines is 1. The van der Waals surface area contributed by atoms with Crippen molar-refractivity contribution in [3.8, 4) is 6.07 Å². The van der Waals surface area contributed by atoms with Gasteiger partial charge in [-0.25, -0.2) is 9.89 Å². The van der Waals surface area contributed by atoms with Crippen LogP contribution in [0, 0.1) is 11.3 Å². The maximum Gasteiger partial charge on any atom is 0.344 e. The lowest BCUT2D eigenvalue weighted by molar-refractivity contribution is 0.414. The molecular formula is C14H21N5OS. The van der Waals surface area contributed by atoms with Crippen LogP contribution in [0.4, 0.5) is 0 Å². The fourth-order valence-corrected chi connectivity index (χ4v) is 3.86. The Bertz CT molecular complexity index is 610. The quantitative estimate of drug-likeness (QED) is 0.750. The third-order valence-electron chi connectivity index (χ3n) is 3.93. The van der Waals surface area contributed by atoms with Crippen molar-refractivity contribution in [2.24, 2.45) is 0 Å². The Hall–Kier alpha value is -1.26. The van der Waals surface area contributed by atoms with Crippen molar-refractivity contribution in [3.63, 3.8) is 0 Å². The fourth-order valence-electron chi connectivity index (χ4n) is 2.64. The van der Waals surface area contributed by atoms with Crippen molar-refractivity contribution in [2.75, 3.05) is 0 Å². The molecule has 21 heavy (non-hydrogen) atoms. The number of hydrogen-bond acceptors (Lipinski definition) is 5. The number of H-pyrrole nitrogens is 1. The predicted octanol–water partition coefficient (Wildman–Crippen LogP) is 1.81. The number of nitrogens with zero attached hydrogens (tertiary/aromatic N) is 3. The summed E-state index contributed by atoms with van der Waals surface area (Å²) in [5.41, 5.74) is -0.624. The number of aromatic nitrogens is 3. The molecule has 2 aliphatic carbocycles. The second kappa shape index (κ2) is 5.50. The van der Waals surface area contributed by atoms with Crippen LogP contribution in [0.1, 0.15) is 52.0 Å². The molecule has 2 N–H and O–H groups in total. The minimum atomic E-state index is -0.505. The molecule has 114 valence electrons. The van der Waals surface area contributed by atoms with Gasteiger partial charge in [0, 0.05) is 17.3 Å². The monoisotopic (exact) mass is 307 g/mol. The van der Waals surface area contributed by atoms with E-state index in [1.165, 1.54) is 12.8 Å². The number of thioether (sulfide) groups is 1. The maximum atomic E-state index is 11.8. The van der Waals surface area contributed by atoms with Gasteiger partial charge in [0.1, 0.15) is 5.54 Å². The fraction of sp³-hybridized carbons (Fsp3) is 0.786. The molecule has 7 heteroatoms. The average Bonchev–Trinajstić information content (AvgIpc) is 3.33. The molecular weight excluding hydrogens is 286 g/mol. The van der Waals surface area contributed by atoms with Crippen molar-refractivity contribution in [2.45, 2.75) is 74.0 Å². The third kappa shape index (κ3) is 3.50. The van der Waals surface area contributed by atoms with Crippen LogP contribution in [0.2, 0.25) is 0 Å². The topological polar surface area (TPSA) is 86.5 Å². The highest BCUT2D eigenvalue weighted by molar-refractivity contribution is 7.99. The molecule has 0 aliphatic heterocycles. The lowest BCUT2D eigenvalue weighted by atomic mass is 9.98. The molecule has 2 aliphatic rings. The van der Waals surface area contributed by atoms with Gasteiger partial charge >= 0.3 is 5.69 Å². The second-order valence-electron chi connectivity index (χ2n) is 6.41. The van der Waals surface area contributed by atoms with Crippen LogP contribution in [0.15, 0.2) is 9.95 Å². The van der Waals surface area contributed by atoms with Crippen LogP contribution in [-0.4, -0.2) is 31.6 Å². The van der Waals surface area contributed by atoms with Gasteiger partial charge in [0.25, 0.3) is 0 Å². The molecule has 0 bridgehead atoms. The van der Waals surface area contributed by atoms with E-state index in [1.807, 2.05) is 6.92 Å². The highest BCUT2D eigenvalue weighted by Crippen LogP contribution is 2.37. The molecule has 0 amide bonds. The van der Waals surface area contributed by atoms with Crippen molar-refractivity contribution >= 4 is 11.8 Å². The first-order chi connectivity index (χ1) is 10.0. The van der Waals surface area contributed by atoms with Crippen molar-refractivity contribution < 1.29 is 0 Å². The van der Waals surface area contributed by atoms with E-state index in [1.54, 1.807) is 16.3 Å². The Morgan fingerprint density at radius 3 is 2.86 bits per heavy atom. The first-order valence-electron chi connectivity index (χ1n) is 7.53. The zero-order valence-corrected chi connectivity index (χ0v) is 13.2. The Labute approximate surface area is 128 Å². The Balaban J connectivity index is 1.64. The number of nitrogens with one attached hydrogen (secondary N) is 2. The summed E-state index contributed by atoms with van der Waals surface area (Å²) in [6.07, 6.45) is 5.18. The summed E-state index contributed by atoms with van der Waals surface area (Å²) in [4.78, 5) is 11.8. The van der Waals surface area contributed by atoms with E-state index in [0.717, 1.165) is 24.4 Å². The summed E-state index contributed by atoms with van der Waals surface area (Å²) in [5, 5.41) is 20.5. The van der Waals surface area contributed by atoms with Gasteiger partial charge in [-0.3, -0.25) is 9.88 Å². The van der Waals surface area contributed by atoms with Gasteiger partial charge in [-0.2, -0.15) is 5.26 Å². The molecule has 1 heterocycles. The summed E-state index contributed by atoms with van der Waals surface area (Å²) in [6, 6.07) is 3.22. The van der Waals surface area contributed by atoms with Gasteiger partial charge in [-0.15, -0.1) is 5.10 Å². The van der Waals surface area contributed by atoms with E-state index in [-0.39, 0.29) is 10.9 Å². The third-order valence-corrected chi connectivity index (χ3v) is 5.00. The predicted molar refractivity (Wildman–Crippen MR) is 81.2 cm³/mol.